The molecule has 1 aromatic rings. The largest absolute Gasteiger partial charge is 0.407 e. The lowest BCUT2D eigenvalue weighted by Crippen LogP contribution is -2.26. The van der Waals surface area contributed by atoms with E-state index in [1.54, 1.807) is 7.11 Å². The Morgan fingerprint density at radius 2 is 2.10 bits per heavy atom. The van der Waals surface area contributed by atoms with Gasteiger partial charge in [0, 0.05) is 20.2 Å². The Labute approximate surface area is 120 Å². The molecule has 1 saturated carbocycles. The van der Waals surface area contributed by atoms with Gasteiger partial charge in [0.1, 0.15) is 0 Å². The minimum absolute atomic E-state index is 0.422. The van der Waals surface area contributed by atoms with Gasteiger partial charge in [0.05, 0.1) is 13.2 Å². The lowest BCUT2D eigenvalue weighted by molar-refractivity contribution is 0.198. The van der Waals surface area contributed by atoms with Crippen LogP contribution in [0.1, 0.15) is 44.9 Å². The Hall–Kier alpha value is -1.14. The molecule has 6 nitrogen and oxygen atoms in total. The van der Waals surface area contributed by atoms with E-state index in [0.29, 0.717) is 30.5 Å². The first kappa shape index (κ1) is 15.3. The molecule has 2 N–H and O–H groups in total. The van der Waals surface area contributed by atoms with Crippen molar-refractivity contribution in [2.45, 2.75) is 45.6 Å². The van der Waals surface area contributed by atoms with E-state index in [-0.39, 0.29) is 0 Å². The summed E-state index contributed by atoms with van der Waals surface area (Å²) in [7, 11) is 1.68. The number of anilines is 1. The topological polar surface area (TPSA) is 72.2 Å². The van der Waals surface area contributed by atoms with Gasteiger partial charge in [-0.3, -0.25) is 0 Å². The second kappa shape index (κ2) is 7.59. The normalized spacial score (nSPS) is 17.5. The zero-order valence-electron chi connectivity index (χ0n) is 12.6. The molecule has 1 heterocycles. The molecule has 114 valence electrons. The molecule has 0 amide bonds. The van der Waals surface area contributed by atoms with Crippen LogP contribution in [0.3, 0.4) is 0 Å². The van der Waals surface area contributed by atoms with E-state index >= 15 is 0 Å². The number of methoxy groups -OCH3 is 1. The van der Waals surface area contributed by atoms with Crippen molar-refractivity contribution in [3.05, 3.63) is 5.89 Å². The minimum atomic E-state index is 0.422. The summed E-state index contributed by atoms with van der Waals surface area (Å²) in [5, 5.41) is 14.6. The standard InChI is InChI=1S/C14H26N4O2/c1-3-14(6-4-5-7-14)11-16-13-18-17-12(20-13)10-15-8-9-19-2/h15H,3-11H2,1-2H3,(H,16,18). The molecule has 1 fully saturated rings. The van der Waals surface area contributed by atoms with E-state index in [1.165, 1.54) is 32.1 Å². The van der Waals surface area contributed by atoms with Gasteiger partial charge in [-0.15, -0.1) is 5.10 Å². The Bertz CT molecular complexity index is 388. The lowest BCUT2D eigenvalue weighted by Gasteiger charge is -2.26. The molecule has 0 saturated heterocycles. The summed E-state index contributed by atoms with van der Waals surface area (Å²) in [4.78, 5) is 0. The van der Waals surface area contributed by atoms with E-state index in [0.717, 1.165) is 13.1 Å². The highest BCUT2D eigenvalue weighted by molar-refractivity contribution is 5.18. The van der Waals surface area contributed by atoms with Crippen LogP contribution >= 0.6 is 0 Å². The third kappa shape index (κ3) is 4.18. The van der Waals surface area contributed by atoms with E-state index in [2.05, 4.69) is 27.8 Å². The van der Waals surface area contributed by atoms with Crippen LogP contribution in [0.5, 0.6) is 0 Å². The van der Waals surface area contributed by atoms with Crippen LogP contribution in [-0.2, 0) is 11.3 Å². The number of hydrogen-bond acceptors (Lipinski definition) is 6. The highest BCUT2D eigenvalue weighted by Gasteiger charge is 2.32. The van der Waals surface area contributed by atoms with Crippen molar-refractivity contribution >= 4 is 6.01 Å². The van der Waals surface area contributed by atoms with Crippen molar-refractivity contribution in [1.82, 2.24) is 15.5 Å². The van der Waals surface area contributed by atoms with Crippen LogP contribution in [0.2, 0.25) is 0 Å². The SMILES string of the molecule is CCC1(CNc2nnc(CNCCOC)o2)CCCC1. The Morgan fingerprint density at radius 3 is 2.80 bits per heavy atom. The predicted molar refractivity (Wildman–Crippen MR) is 77.6 cm³/mol. The number of hydrogen-bond donors (Lipinski definition) is 2. The summed E-state index contributed by atoms with van der Waals surface area (Å²) < 4.78 is 10.5. The van der Waals surface area contributed by atoms with Gasteiger partial charge in [0.15, 0.2) is 0 Å². The van der Waals surface area contributed by atoms with Crippen molar-refractivity contribution in [1.29, 1.82) is 0 Å². The van der Waals surface area contributed by atoms with Crippen molar-refractivity contribution < 1.29 is 9.15 Å². The van der Waals surface area contributed by atoms with Gasteiger partial charge < -0.3 is 19.8 Å². The van der Waals surface area contributed by atoms with Gasteiger partial charge in [-0.1, -0.05) is 24.9 Å². The molecule has 0 aliphatic heterocycles. The molecule has 0 radical (unpaired) electrons. The summed E-state index contributed by atoms with van der Waals surface area (Å²) in [6.07, 6.45) is 6.49. The molecule has 0 spiro atoms. The molecule has 20 heavy (non-hydrogen) atoms. The lowest BCUT2D eigenvalue weighted by atomic mass is 9.83. The molecule has 1 aliphatic rings. The monoisotopic (exact) mass is 282 g/mol. The van der Waals surface area contributed by atoms with Crippen LogP contribution in [0.4, 0.5) is 6.01 Å². The highest BCUT2D eigenvalue weighted by Crippen LogP contribution is 2.40. The Morgan fingerprint density at radius 1 is 1.30 bits per heavy atom. The van der Waals surface area contributed by atoms with Gasteiger partial charge >= 0.3 is 6.01 Å². The fraction of sp³-hybridized carbons (Fsp3) is 0.857. The average molecular weight is 282 g/mol. The number of rotatable bonds is 9. The van der Waals surface area contributed by atoms with Crippen molar-refractivity contribution in [2.24, 2.45) is 5.41 Å². The zero-order valence-corrected chi connectivity index (χ0v) is 12.6. The molecular weight excluding hydrogens is 256 g/mol. The summed E-state index contributed by atoms with van der Waals surface area (Å²) in [5.74, 6) is 0.612. The van der Waals surface area contributed by atoms with Crippen LogP contribution < -0.4 is 10.6 Å². The second-order valence-electron chi connectivity index (χ2n) is 5.58. The quantitative estimate of drug-likeness (QED) is 0.676. The molecule has 2 rings (SSSR count). The molecule has 1 aromatic heterocycles. The van der Waals surface area contributed by atoms with E-state index in [4.69, 9.17) is 9.15 Å². The fourth-order valence-corrected chi connectivity index (χ4v) is 2.81. The third-order valence-electron chi connectivity index (χ3n) is 4.25. The number of aromatic nitrogens is 2. The van der Waals surface area contributed by atoms with Crippen molar-refractivity contribution in [2.75, 3.05) is 32.1 Å². The van der Waals surface area contributed by atoms with E-state index in [1.807, 2.05) is 0 Å². The maximum absolute atomic E-state index is 5.58. The average Bonchev–Trinajstić information content (AvgIpc) is 3.11. The third-order valence-corrected chi connectivity index (χ3v) is 4.25. The van der Waals surface area contributed by atoms with Crippen LogP contribution in [-0.4, -0.2) is 37.0 Å². The van der Waals surface area contributed by atoms with Crippen LogP contribution in [0.15, 0.2) is 4.42 Å². The smallest absolute Gasteiger partial charge is 0.315 e. The van der Waals surface area contributed by atoms with Gasteiger partial charge in [-0.05, 0) is 24.7 Å². The Balaban J connectivity index is 1.74. The first-order valence-corrected chi connectivity index (χ1v) is 7.54. The fourth-order valence-electron chi connectivity index (χ4n) is 2.81. The maximum Gasteiger partial charge on any atom is 0.315 e. The van der Waals surface area contributed by atoms with Gasteiger partial charge in [0.2, 0.25) is 5.89 Å². The second-order valence-corrected chi connectivity index (χ2v) is 5.58. The molecule has 0 unspecified atom stereocenters. The molecular formula is C14H26N4O2. The molecule has 6 heteroatoms. The first-order valence-electron chi connectivity index (χ1n) is 7.54. The summed E-state index contributed by atoms with van der Waals surface area (Å²) >= 11 is 0. The summed E-state index contributed by atoms with van der Waals surface area (Å²) in [6.45, 7) is 5.24. The highest BCUT2D eigenvalue weighted by atomic mass is 16.5. The molecule has 0 atom stereocenters. The van der Waals surface area contributed by atoms with Gasteiger partial charge in [-0.25, -0.2) is 0 Å². The molecule has 0 aromatic carbocycles. The Kier molecular flexibility index (Phi) is 5.79. The summed E-state index contributed by atoms with van der Waals surface area (Å²) in [5.41, 5.74) is 0.422. The minimum Gasteiger partial charge on any atom is -0.407 e. The van der Waals surface area contributed by atoms with E-state index in [9.17, 15) is 0 Å². The van der Waals surface area contributed by atoms with Gasteiger partial charge in [-0.2, -0.15) is 0 Å². The molecule has 1 aliphatic carbocycles. The van der Waals surface area contributed by atoms with Crippen LogP contribution in [0.25, 0.3) is 0 Å². The van der Waals surface area contributed by atoms with E-state index < -0.39 is 0 Å². The first-order chi connectivity index (χ1) is 9.78. The maximum atomic E-state index is 5.58. The predicted octanol–water partition coefficient (Wildman–Crippen LogP) is 2.19. The zero-order chi connectivity index (χ0) is 14.3. The van der Waals surface area contributed by atoms with Gasteiger partial charge in [0.25, 0.3) is 0 Å². The number of nitrogens with zero attached hydrogens (tertiary/aromatic N) is 2. The van der Waals surface area contributed by atoms with Crippen molar-refractivity contribution in [3.63, 3.8) is 0 Å². The summed E-state index contributed by atoms with van der Waals surface area (Å²) in [6, 6.07) is 0.535. The van der Waals surface area contributed by atoms with Crippen molar-refractivity contribution in [3.8, 4) is 0 Å². The number of ether oxygens (including phenoxy) is 1. The number of nitrogens with one attached hydrogen (secondary N) is 2. The van der Waals surface area contributed by atoms with Crippen LogP contribution in [0, 0.1) is 5.41 Å². The molecule has 0 bridgehead atoms.